The number of methoxy groups -OCH3 is 1. The molecule has 0 saturated heterocycles. The monoisotopic (exact) mass is 218 g/mol. The molecule has 4 heteroatoms. The van der Waals surface area contributed by atoms with Crippen LogP contribution in [0.3, 0.4) is 0 Å². The van der Waals surface area contributed by atoms with Gasteiger partial charge in [0.1, 0.15) is 5.75 Å². The average Bonchev–Trinajstić information content (AvgIpc) is 2.89. The van der Waals surface area contributed by atoms with Crippen LogP contribution in [-0.2, 0) is 16.8 Å². The zero-order valence-corrected chi connectivity index (χ0v) is 9.17. The van der Waals surface area contributed by atoms with Gasteiger partial charge in [-0.05, 0) is 36.1 Å². The van der Waals surface area contributed by atoms with Crippen LogP contribution in [0.25, 0.3) is 0 Å². The Morgan fingerprint density at radius 3 is 2.81 bits per heavy atom. The van der Waals surface area contributed by atoms with Crippen LogP contribution in [0.15, 0.2) is 12.1 Å². The summed E-state index contributed by atoms with van der Waals surface area (Å²) in [5, 5.41) is 2.89. The van der Waals surface area contributed by atoms with Crippen LogP contribution in [0.2, 0.25) is 0 Å². The molecule has 1 aliphatic heterocycles. The number of ether oxygens (including phenoxy) is 1. The summed E-state index contributed by atoms with van der Waals surface area (Å²) in [4.78, 5) is 11.4. The SMILES string of the molecule is COc1cc2c(c(C3(N)CC3)c1)NC(=O)C2. The molecule has 3 rings (SSSR count). The molecule has 1 heterocycles. The molecule has 1 amide bonds. The van der Waals surface area contributed by atoms with Gasteiger partial charge in [-0.15, -0.1) is 0 Å². The molecule has 0 atom stereocenters. The Hall–Kier alpha value is -1.55. The summed E-state index contributed by atoms with van der Waals surface area (Å²) in [6.45, 7) is 0. The van der Waals surface area contributed by atoms with Gasteiger partial charge in [0.05, 0.1) is 13.5 Å². The van der Waals surface area contributed by atoms with Crippen molar-refractivity contribution in [2.24, 2.45) is 5.73 Å². The van der Waals surface area contributed by atoms with Gasteiger partial charge in [0.25, 0.3) is 0 Å². The molecule has 0 bridgehead atoms. The minimum Gasteiger partial charge on any atom is -0.497 e. The van der Waals surface area contributed by atoms with E-state index < -0.39 is 0 Å². The van der Waals surface area contributed by atoms with Crippen molar-refractivity contribution in [3.8, 4) is 5.75 Å². The van der Waals surface area contributed by atoms with Crippen molar-refractivity contribution in [2.45, 2.75) is 24.8 Å². The van der Waals surface area contributed by atoms with Crippen LogP contribution in [-0.4, -0.2) is 13.0 Å². The number of amides is 1. The van der Waals surface area contributed by atoms with Gasteiger partial charge in [0.15, 0.2) is 0 Å². The van der Waals surface area contributed by atoms with Crippen molar-refractivity contribution in [1.82, 2.24) is 0 Å². The first-order valence-corrected chi connectivity index (χ1v) is 5.42. The molecule has 16 heavy (non-hydrogen) atoms. The molecule has 0 unspecified atom stereocenters. The fourth-order valence-electron chi connectivity index (χ4n) is 2.23. The van der Waals surface area contributed by atoms with Crippen molar-refractivity contribution in [3.05, 3.63) is 23.3 Å². The first-order chi connectivity index (χ1) is 7.62. The van der Waals surface area contributed by atoms with Gasteiger partial charge in [-0.25, -0.2) is 0 Å². The van der Waals surface area contributed by atoms with Crippen molar-refractivity contribution in [3.63, 3.8) is 0 Å². The quantitative estimate of drug-likeness (QED) is 0.782. The summed E-state index contributed by atoms with van der Waals surface area (Å²) in [6, 6.07) is 3.85. The third-order valence-corrected chi connectivity index (χ3v) is 3.37. The Morgan fingerprint density at radius 1 is 1.44 bits per heavy atom. The largest absolute Gasteiger partial charge is 0.497 e. The van der Waals surface area contributed by atoms with Gasteiger partial charge in [-0.1, -0.05) is 0 Å². The molecule has 1 aromatic rings. The minimum atomic E-state index is -0.254. The van der Waals surface area contributed by atoms with Crippen LogP contribution in [0, 0.1) is 0 Å². The molecule has 0 radical (unpaired) electrons. The average molecular weight is 218 g/mol. The van der Waals surface area contributed by atoms with Crippen molar-refractivity contribution < 1.29 is 9.53 Å². The summed E-state index contributed by atoms with van der Waals surface area (Å²) in [5.41, 5.74) is 8.87. The van der Waals surface area contributed by atoms with E-state index in [1.807, 2.05) is 12.1 Å². The van der Waals surface area contributed by atoms with E-state index in [1.165, 1.54) is 0 Å². The number of nitrogens with one attached hydrogen (secondary N) is 1. The fourth-order valence-corrected chi connectivity index (χ4v) is 2.23. The van der Waals surface area contributed by atoms with Gasteiger partial charge in [-0.2, -0.15) is 0 Å². The molecule has 1 aromatic carbocycles. The van der Waals surface area contributed by atoms with Crippen LogP contribution in [0.5, 0.6) is 5.75 Å². The second-order valence-corrected chi connectivity index (χ2v) is 4.59. The lowest BCUT2D eigenvalue weighted by atomic mass is 9.99. The highest BCUT2D eigenvalue weighted by molar-refractivity contribution is 6.00. The van der Waals surface area contributed by atoms with Gasteiger partial charge in [0.2, 0.25) is 5.91 Å². The molecule has 3 N–H and O–H groups in total. The Morgan fingerprint density at radius 2 is 2.19 bits per heavy atom. The molecular formula is C12H14N2O2. The normalized spacial score (nSPS) is 20.2. The Bertz CT molecular complexity index is 478. The van der Waals surface area contributed by atoms with E-state index in [9.17, 15) is 4.79 Å². The smallest absolute Gasteiger partial charge is 0.228 e. The second kappa shape index (κ2) is 2.98. The van der Waals surface area contributed by atoms with E-state index in [2.05, 4.69) is 5.32 Å². The maximum absolute atomic E-state index is 11.4. The Kier molecular flexibility index (Phi) is 1.80. The molecule has 1 fully saturated rings. The van der Waals surface area contributed by atoms with E-state index in [4.69, 9.17) is 10.5 Å². The first-order valence-electron chi connectivity index (χ1n) is 5.42. The van der Waals surface area contributed by atoms with E-state index in [1.54, 1.807) is 7.11 Å². The number of carbonyl (C=O) groups excluding carboxylic acids is 1. The molecule has 1 saturated carbocycles. The van der Waals surface area contributed by atoms with Gasteiger partial charge < -0.3 is 15.8 Å². The number of carbonyl (C=O) groups is 1. The number of anilines is 1. The topological polar surface area (TPSA) is 64.3 Å². The summed E-state index contributed by atoms with van der Waals surface area (Å²) in [7, 11) is 1.63. The van der Waals surface area contributed by atoms with E-state index in [0.29, 0.717) is 6.42 Å². The zero-order chi connectivity index (χ0) is 11.3. The fraction of sp³-hybridized carbons (Fsp3) is 0.417. The molecular weight excluding hydrogens is 204 g/mol. The van der Waals surface area contributed by atoms with E-state index in [0.717, 1.165) is 35.4 Å². The Labute approximate surface area is 93.8 Å². The van der Waals surface area contributed by atoms with Gasteiger partial charge in [0, 0.05) is 11.2 Å². The van der Waals surface area contributed by atoms with E-state index in [-0.39, 0.29) is 11.4 Å². The number of rotatable bonds is 2. The molecule has 4 nitrogen and oxygen atoms in total. The standard InChI is InChI=1S/C12H14N2O2/c1-16-8-4-7-5-10(15)14-11(7)9(6-8)12(13)2-3-12/h4,6H,2-3,5,13H2,1H3,(H,14,15). The Balaban J connectivity index is 2.16. The predicted molar refractivity (Wildman–Crippen MR) is 60.4 cm³/mol. The van der Waals surface area contributed by atoms with Gasteiger partial charge >= 0.3 is 0 Å². The summed E-state index contributed by atoms with van der Waals surface area (Å²) in [5.74, 6) is 0.815. The maximum atomic E-state index is 11.4. The predicted octanol–water partition coefficient (Wildman–Crippen LogP) is 1.14. The first kappa shape index (κ1) is 9.66. The lowest BCUT2D eigenvalue weighted by Gasteiger charge is -2.15. The second-order valence-electron chi connectivity index (χ2n) is 4.59. The summed E-state index contributed by atoms with van der Waals surface area (Å²) in [6.07, 6.45) is 2.38. The van der Waals surface area contributed by atoms with Crippen molar-refractivity contribution >= 4 is 11.6 Å². The van der Waals surface area contributed by atoms with Crippen molar-refractivity contribution in [2.75, 3.05) is 12.4 Å². The lowest BCUT2D eigenvalue weighted by Crippen LogP contribution is -2.20. The molecule has 2 aliphatic rings. The zero-order valence-electron chi connectivity index (χ0n) is 9.17. The number of hydrogen-bond acceptors (Lipinski definition) is 3. The number of hydrogen-bond donors (Lipinski definition) is 2. The van der Waals surface area contributed by atoms with Crippen LogP contribution < -0.4 is 15.8 Å². The van der Waals surface area contributed by atoms with Crippen LogP contribution >= 0.6 is 0 Å². The maximum Gasteiger partial charge on any atom is 0.228 e. The lowest BCUT2D eigenvalue weighted by molar-refractivity contribution is -0.115. The molecule has 0 spiro atoms. The molecule has 1 aliphatic carbocycles. The number of benzene rings is 1. The number of fused-ring (bicyclic) bond motifs is 1. The molecule has 0 aromatic heterocycles. The highest BCUT2D eigenvalue weighted by Gasteiger charge is 2.43. The summed E-state index contributed by atoms with van der Waals surface area (Å²) < 4.78 is 5.24. The minimum absolute atomic E-state index is 0.0359. The third-order valence-electron chi connectivity index (χ3n) is 3.37. The van der Waals surface area contributed by atoms with Crippen LogP contribution in [0.1, 0.15) is 24.0 Å². The van der Waals surface area contributed by atoms with Crippen molar-refractivity contribution in [1.29, 1.82) is 0 Å². The van der Waals surface area contributed by atoms with Crippen LogP contribution in [0.4, 0.5) is 5.69 Å². The van der Waals surface area contributed by atoms with E-state index >= 15 is 0 Å². The highest BCUT2D eigenvalue weighted by atomic mass is 16.5. The number of nitrogens with two attached hydrogens (primary N) is 1. The summed E-state index contributed by atoms with van der Waals surface area (Å²) >= 11 is 0. The molecule has 84 valence electrons. The van der Waals surface area contributed by atoms with Gasteiger partial charge in [-0.3, -0.25) is 4.79 Å². The third kappa shape index (κ3) is 1.30. The highest BCUT2D eigenvalue weighted by Crippen LogP contribution is 2.48.